The summed E-state index contributed by atoms with van der Waals surface area (Å²) in [6.07, 6.45) is 5.13. The van der Waals surface area contributed by atoms with Gasteiger partial charge in [-0.25, -0.2) is 0 Å². The van der Waals surface area contributed by atoms with Gasteiger partial charge in [0.2, 0.25) is 17.7 Å². The van der Waals surface area contributed by atoms with Crippen LogP contribution in [0, 0.1) is 29.6 Å². The molecule has 4 rings (SSSR count). The highest BCUT2D eigenvalue weighted by atomic mass is 35.5. The monoisotopic (exact) mass is 325 g/mol. The van der Waals surface area contributed by atoms with Crippen LogP contribution >= 0.6 is 12.4 Å². The lowest BCUT2D eigenvalue weighted by atomic mass is 9.85. The molecule has 0 aromatic heterocycles. The molecule has 2 heterocycles. The molecule has 1 saturated carbocycles. The smallest absolute Gasteiger partial charge is 0.233 e. The van der Waals surface area contributed by atoms with E-state index in [0.717, 1.165) is 6.42 Å². The zero-order valence-electron chi connectivity index (χ0n) is 12.2. The fourth-order valence-corrected chi connectivity index (χ4v) is 4.09. The Morgan fingerprint density at radius 1 is 1.18 bits per heavy atom. The lowest BCUT2D eigenvalue weighted by Gasteiger charge is -2.26. The summed E-state index contributed by atoms with van der Waals surface area (Å²) in [7, 11) is 0. The second kappa shape index (κ2) is 5.66. The number of allylic oxidation sites excluding steroid dienone is 2. The van der Waals surface area contributed by atoms with Crippen molar-refractivity contribution in [1.29, 1.82) is 0 Å². The van der Waals surface area contributed by atoms with Gasteiger partial charge >= 0.3 is 0 Å². The van der Waals surface area contributed by atoms with Crippen molar-refractivity contribution in [2.45, 2.75) is 6.42 Å². The van der Waals surface area contributed by atoms with Crippen LogP contribution < -0.4 is 10.6 Å². The number of fused-ring (bicyclic) bond motifs is 5. The minimum atomic E-state index is -0.140. The number of rotatable bonds is 4. The van der Waals surface area contributed by atoms with Crippen molar-refractivity contribution in [2.75, 3.05) is 26.2 Å². The Morgan fingerprint density at radius 2 is 1.77 bits per heavy atom. The second-order valence-corrected chi connectivity index (χ2v) is 6.47. The Bertz CT molecular complexity index is 516. The molecule has 4 atom stereocenters. The first kappa shape index (κ1) is 15.5. The summed E-state index contributed by atoms with van der Waals surface area (Å²) in [5.41, 5.74) is 0. The summed E-state index contributed by atoms with van der Waals surface area (Å²) in [5, 5.41) is 5.86. The fraction of sp³-hybridized carbons (Fsp3) is 0.667. The van der Waals surface area contributed by atoms with E-state index < -0.39 is 0 Å². The third-order valence-corrected chi connectivity index (χ3v) is 5.35. The predicted octanol–water partition coefficient (Wildman–Crippen LogP) is -0.449. The van der Waals surface area contributed by atoms with Crippen LogP contribution in [-0.4, -0.2) is 48.8 Å². The number of nitrogens with zero attached hydrogens (tertiary/aromatic N) is 1. The molecule has 0 spiro atoms. The fourth-order valence-electron chi connectivity index (χ4n) is 4.09. The van der Waals surface area contributed by atoms with Gasteiger partial charge in [-0.3, -0.25) is 19.3 Å². The van der Waals surface area contributed by atoms with E-state index >= 15 is 0 Å². The lowest BCUT2D eigenvalue weighted by Crippen LogP contribution is -2.52. The van der Waals surface area contributed by atoms with E-state index in [4.69, 9.17) is 0 Å². The molecule has 0 aromatic carbocycles. The number of imide groups is 1. The molecule has 2 aliphatic carbocycles. The number of halogens is 1. The number of carbonyl (C=O) groups excluding carboxylic acids is 3. The quantitative estimate of drug-likeness (QED) is 0.542. The van der Waals surface area contributed by atoms with Crippen LogP contribution in [0.15, 0.2) is 12.2 Å². The molecule has 2 bridgehead atoms. The van der Waals surface area contributed by atoms with Gasteiger partial charge < -0.3 is 10.6 Å². The number of likely N-dealkylation sites (tertiary alicyclic amines) is 1. The van der Waals surface area contributed by atoms with Crippen molar-refractivity contribution < 1.29 is 14.4 Å². The van der Waals surface area contributed by atoms with Gasteiger partial charge in [0.05, 0.1) is 17.8 Å². The van der Waals surface area contributed by atoms with Crippen LogP contribution in [0.4, 0.5) is 0 Å². The number of hydrogen-bond acceptors (Lipinski definition) is 4. The summed E-state index contributed by atoms with van der Waals surface area (Å²) in [5.74, 6) is 0.180. The Morgan fingerprint density at radius 3 is 2.27 bits per heavy atom. The normalized spacial score (nSPS) is 35.4. The molecular formula is C15H20ClN3O3. The van der Waals surface area contributed by atoms with Gasteiger partial charge in [0.25, 0.3) is 0 Å². The van der Waals surface area contributed by atoms with E-state index in [9.17, 15) is 14.4 Å². The van der Waals surface area contributed by atoms with Crippen LogP contribution in [0.25, 0.3) is 0 Å². The van der Waals surface area contributed by atoms with Crippen LogP contribution in [0.3, 0.4) is 0 Å². The Balaban J connectivity index is 0.00000144. The van der Waals surface area contributed by atoms with Crippen molar-refractivity contribution in [3.63, 3.8) is 0 Å². The van der Waals surface area contributed by atoms with Crippen LogP contribution in [0.5, 0.6) is 0 Å². The van der Waals surface area contributed by atoms with Crippen LogP contribution in [-0.2, 0) is 14.4 Å². The molecular weight excluding hydrogens is 306 g/mol. The maximum atomic E-state index is 12.4. The van der Waals surface area contributed by atoms with E-state index in [1.807, 2.05) is 0 Å². The zero-order chi connectivity index (χ0) is 14.6. The van der Waals surface area contributed by atoms with Gasteiger partial charge in [-0.15, -0.1) is 12.4 Å². The van der Waals surface area contributed by atoms with Crippen LogP contribution in [0.2, 0.25) is 0 Å². The van der Waals surface area contributed by atoms with Gasteiger partial charge in [-0.1, -0.05) is 12.2 Å². The van der Waals surface area contributed by atoms with Crippen molar-refractivity contribution >= 4 is 30.1 Å². The summed E-state index contributed by atoms with van der Waals surface area (Å²) in [4.78, 5) is 37.9. The topological polar surface area (TPSA) is 78.5 Å². The lowest BCUT2D eigenvalue weighted by molar-refractivity contribution is -0.141. The average Bonchev–Trinajstić information content (AvgIpc) is 3.05. The largest absolute Gasteiger partial charge is 0.354 e. The standard InChI is InChI=1S/C15H19N3O3.ClH/c19-13(10-6-16-7-10)17-3-4-18-14(20)11-8-1-2-9(5-8)12(11)15(18)21;/h1-2,8-12,16H,3-7H2,(H,17,19);1H. The first-order valence-electron chi connectivity index (χ1n) is 7.69. The SMILES string of the molecule is Cl.O=C(NCCN1C(=O)C2C3C=CC(C3)C2C1=O)C1CNC1. The van der Waals surface area contributed by atoms with Gasteiger partial charge in [-0.05, 0) is 18.3 Å². The second-order valence-electron chi connectivity index (χ2n) is 6.47. The zero-order valence-corrected chi connectivity index (χ0v) is 13.0. The number of hydrogen-bond donors (Lipinski definition) is 2. The number of nitrogens with one attached hydrogen (secondary N) is 2. The number of amides is 3. The van der Waals surface area contributed by atoms with Gasteiger partial charge in [0.1, 0.15) is 0 Å². The molecule has 0 aromatic rings. The molecule has 6 nitrogen and oxygen atoms in total. The summed E-state index contributed by atoms with van der Waals surface area (Å²) < 4.78 is 0. The highest BCUT2D eigenvalue weighted by Crippen LogP contribution is 2.52. The summed E-state index contributed by atoms with van der Waals surface area (Å²) >= 11 is 0. The third-order valence-electron chi connectivity index (χ3n) is 5.35. The Kier molecular flexibility index (Phi) is 3.99. The van der Waals surface area contributed by atoms with Crippen molar-refractivity contribution in [3.05, 3.63) is 12.2 Å². The number of carbonyl (C=O) groups is 3. The Labute approximate surface area is 135 Å². The highest BCUT2D eigenvalue weighted by molar-refractivity contribution is 6.06. The molecule has 0 radical (unpaired) electrons. The Hall–Kier alpha value is -1.40. The van der Waals surface area contributed by atoms with E-state index in [-0.39, 0.29) is 59.7 Å². The van der Waals surface area contributed by atoms with Gasteiger partial charge in [0, 0.05) is 26.2 Å². The molecule has 3 fully saturated rings. The molecule has 2 N–H and O–H groups in total. The van der Waals surface area contributed by atoms with Gasteiger partial charge in [0.15, 0.2) is 0 Å². The average molecular weight is 326 g/mol. The molecule has 120 valence electrons. The molecule has 4 unspecified atom stereocenters. The molecule has 3 amide bonds. The van der Waals surface area contributed by atoms with Crippen molar-refractivity contribution in [3.8, 4) is 0 Å². The molecule has 7 heteroatoms. The maximum absolute atomic E-state index is 12.4. The van der Waals surface area contributed by atoms with Crippen molar-refractivity contribution in [1.82, 2.24) is 15.5 Å². The molecule has 4 aliphatic rings. The maximum Gasteiger partial charge on any atom is 0.233 e. The third kappa shape index (κ3) is 2.16. The molecule has 2 saturated heterocycles. The van der Waals surface area contributed by atoms with Crippen molar-refractivity contribution in [2.24, 2.45) is 29.6 Å². The highest BCUT2D eigenvalue weighted by Gasteiger charge is 2.58. The van der Waals surface area contributed by atoms with E-state index in [0.29, 0.717) is 26.2 Å². The van der Waals surface area contributed by atoms with Crippen LogP contribution in [0.1, 0.15) is 6.42 Å². The molecule has 2 aliphatic heterocycles. The first-order chi connectivity index (χ1) is 10.2. The van der Waals surface area contributed by atoms with E-state index in [1.54, 1.807) is 0 Å². The van der Waals surface area contributed by atoms with E-state index in [2.05, 4.69) is 22.8 Å². The minimum absolute atomic E-state index is 0. The van der Waals surface area contributed by atoms with E-state index in [1.165, 1.54) is 4.90 Å². The summed E-state index contributed by atoms with van der Waals surface area (Å²) in [6.45, 7) is 2.09. The predicted molar refractivity (Wildman–Crippen MR) is 81.1 cm³/mol. The first-order valence-corrected chi connectivity index (χ1v) is 7.69. The van der Waals surface area contributed by atoms with Gasteiger partial charge in [-0.2, -0.15) is 0 Å². The minimum Gasteiger partial charge on any atom is -0.354 e. The summed E-state index contributed by atoms with van der Waals surface area (Å²) in [6, 6.07) is 0. The molecule has 22 heavy (non-hydrogen) atoms.